The molecule has 0 saturated carbocycles. The predicted octanol–water partition coefficient (Wildman–Crippen LogP) is 4.57. The Morgan fingerprint density at radius 2 is 1.90 bits per heavy atom. The highest BCUT2D eigenvalue weighted by Gasteiger charge is 2.33. The number of hydrogen-bond acceptors (Lipinski definition) is 5. The van der Waals surface area contributed by atoms with Crippen LogP contribution in [0.4, 0.5) is 4.39 Å². The molecule has 1 N–H and O–H groups in total. The van der Waals surface area contributed by atoms with Crippen LogP contribution < -0.4 is 5.32 Å². The first-order valence-electron chi connectivity index (χ1n) is 10.0. The molecule has 6 nitrogen and oxygen atoms in total. The average Bonchev–Trinajstić information content (AvgIpc) is 3.26. The van der Waals surface area contributed by atoms with E-state index in [0.29, 0.717) is 30.0 Å². The molecule has 0 amide bonds. The van der Waals surface area contributed by atoms with E-state index in [1.54, 1.807) is 19.2 Å². The number of halogens is 1. The lowest BCUT2D eigenvalue weighted by Crippen LogP contribution is -2.46. The number of thiocarbonyl (C=S) groups is 1. The second-order valence-corrected chi connectivity index (χ2v) is 7.61. The summed E-state index contributed by atoms with van der Waals surface area (Å²) in [6.45, 7) is 3.30. The minimum absolute atomic E-state index is 0.297. The van der Waals surface area contributed by atoms with Gasteiger partial charge in [-0.3, -0.25) is 0 Å². The molecular weight excluding hydrogens is 415 g/mol. The molecule has 8 heteroatoms. The van der Waals surface area contributed by atoms with Gasteiger partial charge in [0.1, 0.15) is 5.82 Å². The minimum Gasteiger partial charge on any atom is -0.385 e. The van der Waals surface area contributed by atoms with Crippen LogP contribution in [-0.4, -0.2) is 40.4 Å². The van der Waals surface area contributed by atoms with Crippen LogP contribution in [0, 0.1) is 5.82 Å². The van der Waals surface area contributed by atoms with Gasteiger partial charge in [-0.2, -0.15) is 4.98 Å². The maximum Gasteiger partial charge on any atom is 0.258 e. The van der Waals surface area contributed by atoms with Crippen LogP contribution in [0.15, 0.2) is 64.8 Å². The van der Waals surface area contributed by atoms with E-state index in [0.717, 1.165) is 28.8 Å². The third-order valence-corrected chi connectivity index (χ3v) is 5.56. The van der Waals surface area contributed by atoms with Crippen molar-refractivity contribution in [2.45, 2.75) is 19.4 Å². The zero-order valence-corrected chi connectivity index (χ0v) is 18.2. The largest absolute Gasteiger partial charge is 0.385 e. The van der Waals surface area contributed by atoms with E-state index >= 15 is 0 Å². The van der Waals surface area contributed by atoms with Gasteiger partial charge in [-0.25, -0.2) is 4.39 Å². The van der Waals surface area contributed by atoms with Crippen molar-refractivity contribution in [3.8, 4) is 11.4 Å². The van der Waals surface area contributed by atoms with Crippen LogP contribution in [0.3, 0.4) is 0 Å². The maximum atomic E-state index is 13.5. The summed E-state index contributed by atoms with van der Waals surface area (Å²) in [5.74, 6) is 0.611. The van der Waals surface area contributed by atoms with Gasteiger partial charge >= 0.3 is 0 Å². The SMILES string of the molecule is COCCCN1C(=S)NC(c2ccc(F)cc2)C(c2nc(-c3ccccc3)no2)=C1C. The Balaban J connectivity index is 1.76. The fourth-order valence-corrected chi connectivity index (χ4v) is 3.98. The molecule has 4 rings (SSSR count). The van der Waals surface area contributed by atoms with Crippen molar-refractivity contribution in [3.63, 3.8) is 0 Å². The first-order chi connectivity index (χ1) is 15.1. The zero-order chi connectivity index (χ0) is 21.8. The fourth-order valence-electron chi connectivity index (χ4n) is 3.64. The first kappa shape index (κ1) is 21.1. The number of allylic oxidation sites excluding steroid dienone is 1. The van der Waals surface area contributed by atoms with Crippen LogP contribution in [0.25, 0.3) is 17.0 Å². The summed E-state index contributed by atoms with van der Waals surface area (Å²) in [6.07, 6.45) is 0.809. The fraction of sp³-hybridized carbons (Fsp3) is 0.261. The molecule has 0 spiro atoms. The van der Waals surface area contributed by atoms with Crippen LogP contribution >= 0.6 is 12.2 Å². The predicted molar refractivity (Wildman–Crippen MR) is 120 cm³/mol. The number of aromatic nitrogens is 2. The summed E-state index contributed by atoms with van der Waals surface area (Å²) in [6, 6.07) is 15.6. The van der Waals surface area contributed by atoms with Gasteiger partial charge in [0, 0.05) is 31.5 Å². The van der Waals surface area contributed by atoms with Crippen molar-refractivity contribution >= 4 is 22.9 Å². The summed E-state index contributed by atoms with van der Waals surface area (Å²) in [7, 11) is 1.68. The third-order valence-electron chi connectivity index (χ3n) is 5.22. The molecule has 1 unspecified atom stereocenters. The smallest absolute Gasteiger partial charge is 0.258 e. The Bertz CT molecular complexity index is 1080. The monoisotopic (exact) mass is 438 g/mol. The maximum absolute atomic E-state index is 13.5. The van der Waals surface area contributed by atoms with Crippen molar-refractivity contribution in [2.24, 2.45) is 0 Å². The molecule has 1 aromatic heterocycles. The first-order valence-corrected chi connectivity index (χ1v) is 10.4. The van der Waals surface area contributed by atoms with E-state index in [9.17, 15) is 4.39 Å². The molecule has 2 heterocycles. The average molecular weight is 439 g/mol. The van der Waals surface area contributed by atoms with E-state index in [-0.39, 0.29) is 11.9 Å². The van der Waals surface area contributed by atoms with Crippen molar-refractivity contribution in [2.75, 3.05) is 20.3 Å². The number of nitrogens with one attached hydrogen (secondary N) is 1. The quantitative estimate of drug-likeness (QED) is 0.428. The van der Waals surface area contributed by atoms with Crippen molar-refractivity contribution in [1.29, 1.82) is 0 Å². The van der Waals surface area contributed by atoms with E-state index in [1.165, 1.54) is 12.1 Å². The lowest BCUT2D eigenvalue weighted by atomic mass is 9.94. The standard InChI is InChI=1S/C23H23FN4O2S/c1-15-19(22-26-21(27-30-22)17-7-4-3-5-8-17)20(16-9-11-18(24)12-10-16)25-23(31)28(15)13-6-14-29-2/h3-5,7-12,20H,6,13-14H2,1-2H3,(H,25,31). The molecule has 0 aliphatic carbocycles. The normalized spacial score (nSPS) is 16.5. The van der Waals surface area contributed by atoms with Gasteiger partial charge in [0.2, 0.25) is 5.82 Å². The zero-order valence-electron chi connectivity index (χ0n) is 17.3. The Morgan fingerprint density at radius 1 is 1.16 bits per heavy atom. The number of ether oxygens (including phenoxy) is 1. The van der Waals surface area contributed by atoms with Crippen LogP contribution in [0.1, 0.15) is 30.8 Å². The summed E-state index contributed by atoms with van der Waals surface area (Å²) < 4.78 is 24.4. The number of benzene rings is 2. The number of rotatable bonds is 7. The molecule has 1 atom stereocenters. The topological polar surface area (TPSA) is 63.4 Å². The van der Waals surface area contributed by atoms with Crippen LogP contribution in [0.2, 0.25) is 0 Å². The van der Waals surface area contributed by atoms with Gasteiger partial charge < -0.3 is 19.5 Å². The molecule has 3 aromatic rings. The van der Waals surface area contributed by atoms with Crippen molar-refractivity contribution < 1.29 is 13.7 Å². The molecule has 2 aromatic carbocycles. The lowest BCUT2D eigenvalue weighted by molar-refractivity contribution is 0.188. The minimum atomic E-state index is -0.337. The van der Waals surface area contributed by atoms with Gasteiger partial charge in [-0.1, -0.05) is 47.6 Å². The lowest BCUT2D eigenvalue weighted by Gasteiger charge is -2.37. The summed E-state index contributed by atoms with van der Waals surface area (Å²) >= 11 is 5.64. The van der Waals surface area contributed by atoms with Gasteiger partial charge in [0.25, 0.3) is 5.89 Å². The van der Waals surface area contributed by atoms with Crippen molar-refractivity contribution in [1.82, 2.24) is 20.4 Å². The second kappa shape index (κ2) is 9.36. The molecule has 0 saturated heterocycles. The summed E-state index contributed by atoms with van der Waals surface area (Å²) in [5.41, 5.74) is 3.45. The highest BCUT2D eigenvalue weighted by molar-refractivity contribution is 7.80. The van der Waals surface area contributed by atoms with Crippen LogP contribution in [0.5, 0.6) is 0 Å². The molecule has 160 valence electrons. The van der Waals surface area contributed by atoms with E-state index in [1.807, 2.05) is 42.2 Å². The molecule has 31 heavy (non-hydrogen) atoms. The van der Waals surface area contributed by atoms with Gasteiger partial charge in [0.15, 0.2) is 5.11 Å². The Morgan fingerprint density at radius 3 is 2.61 bits per heavy atom. The van der Waals surface area contributed by atoms with Crippen LogP contribution in [-0.2, 0) is 4.74 Å². The molecule has 0 bridgehead atoms. The second-order valence-electron chi connectivity index (χ2n) is 7.22. The van der Waals surface area contributed by atoms with E-state index in [2.05, 4.69) is 15.5 Å². The van der Waals surface area contributed by atoms with E-state index < -0.39 is 0 Å². The highest BCUT2D eigenvalue weighted by atomic mass is 32.1. The third kappa shape index (κ3) is 4.50. The number of nitrogens with zero attached hydrogens (tertiary/aromatic N) is 3. The van der Waals surface area contributed by atoms with Gasteiger partial charge in [-0.15, -0.1) is 0 Å². The summed E-state index contributed by atoms with van der Waals surface area (Å²) in [4.78, 5) is 6.67. The Labute approximate surface area is 185 Å². The van der Waals surface area contributed by atoms with Gasteiger partial charge in [0.05, 0.1) is 11.6 Å². The number of methoxy groups -OCH3 is 1. The Hall–Kier alpha value is -3.10. The summed E-state index contributed by atoms with van der Waals surface area (Å²) in [5, 5.41) is 8.14. The van der Waals surface area contributed by atoms with Crippen molar-refractivity contribution in [3.05, 3.63) is 77.6 Å². The highest BCUT2D eigenvalue weighted by Crippen LogP contribution is 2.37. The molecule has 1 aliphatic heterocycles. The molecule has 1 aliphatic rings. The number of hydrogen-bond donors (Lipinski definition) is 1. The molecular formula is C23H23FN4O2S. The Kier molecular flexibility index (Phi) is 6.39. The molecule has 0 radical (unpaired) electrons. The van der Waals surface area contributed by atoms with Gasteiger partial charge in [-0.05, 0) is 43.3 Å². The molecule has 0 fully saturated rings. The van der Waals surface area contributed by atoms with E-state index in [4.69, 9.17) is 21.5 Å².